The molecule has 0 spiro atoms. The van der Waals surface area contributed by atoms with Crippen LogP contribution in [0.3, 0.4) is 0 Å². The number of piperazine rings is 1. The summed E-state index contributed by atoms with van der Waals surface area (Å²) in [6, 6.07) is 4.05. The molecule has 1 aromatic carbocycles. The second-order valence-electron chi connectivity index (χ2n) is 5.55. The number of carbonyl (C=O) groups excluding carboxylic acids is 2. The summed E-state index contributed by atoms with van der Waals surface area (Å²) in [5.41, 5.74) is 0. The lowest BCUT2D eigenvalue weighted by molar-refractivity contribution is -0.125. The summed E-state index contributed by atoms with van der Waals surface area (Å²) in [6.07, 6.45) is -0.839. The predicted molar refractivity (Wildman–Crippen MR) is 86.7 cm³/mol. The maximum absolute atomic E-state index is 13.0. The molecule has 1 N–H and O–H groups in total. The highest BCUT2D eigenvalue weighted by molar-refractivity contribution is 7.89. The summed E-state index contributed by atoms with van der Waals surface area (Å²) in [4.78, 5) is 24.8. The minimum atomic E-state index is -3.71. The summed E-state index contributed by atoms with van der Waals surface area (Å²) in [6.45, 7) is 2.67. The van der Waals surface area contributed by atoms with Gasteiger partial charge < -0.3 is 4.74 Å². The van der Waals surface area contributed by atoms with Gasteiger partial charge in [0.25, 0.3) is 0 Å². The van der Waals surface area contributed by atoms with Gasteiger partial charge in [-0.05, 0) is 31.2 Å². The van der Waals surface area contributed by atoms with E-state index in [9.17, 15) is 22.4 Å². The summed E-state index contributed by atoms with van der Waals surface area (Å²) < 4.78 is 43.7. The van der Waals surface area contributed by atoms with Crippen LogP contribution in [0.25, 0.3) is 0 Å². The molecular formula is C15H20FN3O5S. The van der Waals surface area contributed by atoms with Crippen molar-refractivity contribution in [2.45, 2.75) is 17.9 Å². The van der Waals surface area contributed by atoms with E-state index in [1.54, 1.807) is 11.8 Å². The Morgan fingerprint density at radius 2 is 1.72 bits per heavy atom. The van der Waals surface area contributed by atoms with Crippen LogP contribution in [0.2, 0.25) is 0 Å². The summed E-state index contributed by atoms with van der Waals surface area (Å²) in [7, 11) is -2.55. The van der Waals surface area contributed by atoms with Gasteiger partial charge in [-0.2, -0.15) is 4.31 Å². The molecule has 0 unspecified atom stereocenters. The van der Waals surface area contributed by atoms with Crippen molar-refractivity contribution in [2.75, 3.05) is 33.3 Å². The molecule has 1 aliphatic heterocycles. The van der Waals surface area contributed by atoms with Gasteiger partial charge in [-0.3, -0.25) is 15.0 Å². The Morgan fingerprint density at radius 1 is 1.16 bits per heavy atom. The number of nitrogens with one attached hydrogen (secondary N) is 1. The van der Waals surface area contributed by atoms with Gasteiger partial charge in [-0.1, -0.05) is 0 Å². The Balaban J connectivity index is 1.98. The molecule has 0 aliphatic carbocycles. The zero-order chi connectivity index (χ0) is 18.6. The summed E-state index contributed by atoms with van der Waals surface area (Å²) >= 11 is 0. The molecule has 8 nitrogen and oxygen atoms in total. The van der Waals surface area contributed by atoms with Crippen LogP contribution in [0.15, 0.2) is 29.2 Å². The third kappa shape index (κ3) is 4.53. The fourth-order valence-corrected chi connectivity index (χ4v) is 3.93. The van der Waals surface area contributed by atoms with Crippen LogP contribution in [0.5, 0.6) is 0 Å². The molecule has 10 heteroatoms. The van der Waals surface area contributed by atoms with Crippen LogP contribution in [0.1, 0.15) is 6.92 Å². The van der Waals surface area contributed by atoms with Crippen LogP contribution in [-0.4, -0.2) is 69.0 Å². The van der Waals surface area contributed by atoms with Gasteiger partial charge in [0.1, 0.15) is 5.82 Å². The summed E-state index contributed by atoms with van der Waals surface area (Å²) in [5, 5.41) is 2.09. The number of rotatable bonds is 4. The van der Waals surface area contributed by atoms with Gasteiger partial charge in [0.15, 0.2) is 0 Å². The van der Waals surface area contributed by atoms with E-state index in [0.29, 0.717) is 13.1 Å². The van der Waals surface area contributed by atoms with Gasteiger partial charge in [-0.15, -0.1) is 0 Å². The number of ether oxygens (including phenoxy) is 1. The van der Waals surface area contributed by atoms with Gasteiger partial charge in [0, 0.05) is 26.2 Å². The molecule has 0 aromatic heterocycles. The highest BCUT2D eigenvalue weighted by atomic mass is 32.2. The van der Waals surface area contributed by atoms with Crippen LogP contribution >= 0.6 is 0 Å². The maximum Gasteiger partial charge on any atom is 0.413 e. The molecule has 2 rings (SSSR count). The number of hydrogen-bond acceptors (Lipinski definition) is 6. The molecule has 1 aromatic rings. The molecule has 1 heterocycles. The lowest BCUT2D eigenvalue weighted by Gasteiger charge is -2.36. The number of methoxy groups -OCH3 is 1. The van der Waals surface area contributed by atoms with E-state index in [1.165, 1.54) is 16.4 Å². The fourth-order valence-electron chi connectivity index (χ4n) is 2.51. The van der Waals surface area contributed by atoms with Crippen LogP contribution in [0, 0.1) is 5.82 Å². The average Bonchev–Trinajstić information content (AvgIpc) is 2.61. The van der Waals surface area contributed by atoms with E-state index in [0.717, 1.165) is 19.2 Å². The molecule has 138 valence electrons. The van der Waals surface area contributed by atoms with Gasteiger partial charge >= 0.3 is 6.09 Å². The number of benzene rings is 1. The number of halogens is 1. The van der Waals surface area contributed by atoms with Crippen molar-refractivity contribution in [2.24, 2.45) is 0 Å². The minimum absolute atomic E-state index is 0.0267. The second kappa shape index (κ2) is 7.89. The van der Waals surface area contributed by atoms with Crippen LogP contribution in [-0.2, 0) is 19.6 Å². The molecular weight excluding hydrogens is 353 g/mol. The van der Waals surface area contributed by atoms with Crippen molar-refractivity contribution < 1.29 is 27.1 Å². The van der Waals surface area contributed by atoms with Crippen molar-refractivity contribution >= 4 is 22.0 Å². The molecule has 0 radical (unpaired) electrons. The lowest BCUT2D eigenvalue weighted by atomic mass is 10.2. The number of carbonyl (C=O) groups is 2. The van der Waals surface area contributed by atoms with E-state index >= 15 is 0 Å². The minimum Gasteiger partial charge on any atom is -0.453 e. The SMILES string of the molecule is COC(=O)NC(=O)[C@@H](C)N1CCN(S(=O)(=O)c2ccc(F)cc2)CC1. The van der Waals surface area contributed by atoms with E-state index < -0.39 is 33.9 Å². The standard InChI is InChI=1S/C15H20FN3O5S/c1-11(14(20)17-15(21)24-2)18-7-9-19(10-8-18)25(22,23)13-5-3-12(16)4-6-13/h3-6,11H,7-10H2,1-2H3,(H,17,20,21)/t11-/m1/s1. The molecule has 25 heavy (non-hydrogen) atoms. The fraction of sp³-hybridized carbons (Fsp3) is 0.467. The molecule has 2 amide bonds. The van der Waals surface area contributed by atoms with Gasteiger partial charge in [0.05, 0.1) is 18.0 Å². The number of sulfonamides is 1. The highest BCUT2D eigenvalue weighted by Gasteiger charge is 2.32. The molecule has 0 saturated carbocycles. The normalized spacial score (nSPS) is 17.7. The van der Waals surface area contributed by atoms with Crippen molar-refractivity contribution in [3.8, 4) is 0 Å². The second-order valence-corrected chi connectivity index (χ2v) is 7.49. The van der Waals surface area contributed by atoms with E-state index in [4.69, 9.17) is 0 Å². The molecule has 1 fully saturated rings. The predicted octanol–water partition coefficient (Wildman–Crippen LogP) is 0.403. The zero-order valence-corrected chi connectivity index (χ0v) is 14.8. The molecule has 1 saturated heterocycles. The Hall–Kier alpha value is -2.04. The monoisotopic (exact) mass is 373 g/mol. The number of nitrogens with zero attached hydrogens (tertiary/aromatic N) is 2. The number of imide groups is 1. The van der Waals surface area contributed by atoms with E-state index in [1.807, 2.05) is 0 Å². The third-order valence-corrected chi connectivity index (χ3v) is 5.98. The number of amides is 2. The lowest BCUT2D eigenvalue weighted by Crippen LogP contribution is -2.55. The first-order valence-corrected chi connectivity index (χ1v) is 9.08. The smallest absolute Gasteiger partial charge is 0.413 e. The van der Waals surface area contributed by atoms with Crippen LogP contribution in [0.4, 0.5) is 9.18 Å². The first-order valence-electron chi connectivity index (χ1n) is 7.64. The quantitative estimate of drug-likeness (QED) is 0.821. The van der Waals surface area contributed by atoms with E-state index in [2.05, 4.69) is 10.1 Å². The third-order valence-electron chi connectivity index (χ3n) is 4.06. The van der Waals surface area contributed by atoms with Crippen molar-refractivity contribution in [3.63, 3.8) is 0 Å². The Kier molecular flexibility index (Phi) is 6.09. The molecule has 1 atom stereocenters. The number of hydrogen-bond donors (Lipinski definition) is 1. The first kappa shape index (κ1) is 19.3. The van der Waals surface area contributed by atoms with Gasteiger partial charge in [0.2, 0.25) is 15.9 Å². The topological polar surface area (TPSA) is 96.0 Å². The van der Waals surface area contributed by atoms with Crippen molar-refractivity contribution in [1.82, 2.24) is 14.5 Å². The van der Waals surface area contributed by atoms with Crippen molar-refractivity contribution in [1.29, 1.82) is 0 Å². The maximum atomic E-state index is 13.0. The Labute approximate surface area is 145 Å². The first-order chi connectivity index (χ1) is 11.8. The Morgan fingerprint density at radius 3 is 2.24 bits per heavy atom. The van der Waals surface area contributed by atoms with Gasteiger partial charge in [-0.25, -0.2) is 17.6 Å². The molecule has 0 bridgehead atoms. The largest absolute Gasteiger partial charge is 0.453 e. The van der Waals surface area contributed by atoms with E-state index in [-0.39, 0.29) is 18.0 Å². The highest BCUT2D eigenvalue weighted by Crippen LogP contribution is 2.18. The molecule has 1 aliphatic rings. The summed E-state index contributed by atoms with van der Waals surface area (Å²) in [5.74, 6) is -1.02. The Bertz CT molecular complexity index is 730. The number of alkyl carbamates (subject to hydrolysis) is 1. The average molecular weight is 373 g/mol. The van der Waals surface area contributed by atoms with Crippen LogP contribution < -0.4 is 5.32 Å². The van der Waals surface area contributed by atoms with Crippen molar-refractivity contribution in [3.05, 3.63) is 30.1 Å². The zero-order valence-electron chi connectivity index (χ0n) is 13.9.